The average Bonchev–Trinajstić information content (AvgIpc) is 3.03. The van der Waals surface area contributed by atoms with Crippen molar-refractivity contribution in [2.45, 2.75) is 52.4 Å². The molecule has 0 N–H and O–H groups in total. The Morgan fingerprint density at radius 2 is 1.31 bits per heavy atom. The minimum atomic E-state index is 0. The van der Waals surface area contributed by atoms with Gasteiger partial charge < -0.3 is 12.4 Å². The van der Waals surface area contributed by atoms with Crippen LogP contribution in [0.25, 0.3) is 0 Å². The van der Waals surface area contributed by atoms with E-state index in [0.717, 1.165) is 13.1 Å². The Labute approximate surface area is 165 Å². The van der Waals surface area contributed by atoms with Crippen LogP contribution in [0.1, 0.15) is 52.7 Å². The molecule has 0 saturated heterocycles. The Morgan fingerprint density at radius 1 is 0.769 bits per heavy atom. The van der Waals surface area contributed by atoms with E-state index in [9.17, 15) is 0 Å². The lowest BCUT2D eigenvalue weighted by Gasteiger charge is -2.23. The van der Waals surface area contributed by atoms with Crippen molar-refractivity contribution >= 4 is 17.7 Å². The molecule has 0 radical (unpaired) electrons. The van der Waals surface area contributed by atoms with E-state index in [1.54, 1.807) is 0 Å². The average molecular weight is 371 g/mol. The van der Waals surface area contributed by atoms with Crippen molar-refractivity contribution in [1.29, 1.82) is 0 Å². The zero-order chi connectivity index (χ0) is 18.2. The molecular weight excluding hydrogens is 340 g/mol. The summed E-state index contributed by atoms with van der Waals surface area (Å²) < 4.78 is 2.40. The fourth-order valence-corrected chi connectivity index (χ4v) is 3.58. The Bertz CT molecular complexity index is 794. The van der Waals surface area contributed by atoms with Gasteiger partial charge in [0.2, 0.25) is 6.34 Å². The highest BCUT2D eigenvalue weighted by Crippen LogP contribution is 2.34. The molecule has 0 unspecified atom stereocenters. The van der Waals surface area contributed by atoms with Gasteiger partial charge in [0, 0.05) is 11.1 Å². The summed E-state index contributed by atoms with van der Waals surface area (Å²) >= 11 is 0. The first-order valence-electron chi connectivity index (χ1n) is 9.25. The monoisotopic (exact) mass is 370 g/mol. The van der Waals surface area contributed by atoms with Crippen LogP contribution in [0.3, 0.4) is 0 Å². The van der Waals surface area contributed by atoms with Crippen LogP contribution in [-0.2, 0) is 10.8 Å². The van der Waals surface area contributed by atoms with Gasteiger partial charge >= 0.3 is 0 Å². The zero-order valence-corrected chi connectivity index (χ0v) is 17.6. The van der Waals surface area contributed by atoms with E-state index < -0.39 is 0 Å². The molecule has 0 amide bonds. The van der Waals surface area contributed by atoms with E-state index in [1.807, 2.05) is 0 Å². The molecule has 0 spiro atoms. The standard InChI is InChI=1S/C23H31N2.ClH/c1-22(2,3)18-11-7-9-13-20(18)24-15-16-25(17-24)21-14-10-8-12-19(21)23(4,5)6;/h7-14,17H,15-16H2,1-6H3;1H/q+1;/p-1. The Hall–Kier alpha value is -1.80. The number of anilines is 1. The molecule has 2 aromatic rings. The van der Waals surface area contributed by atoms with Crippen molar-refractivity contribution < 1.29 is 17.0 Å². The SMILES string of the molecule is CC(C)(C)c1ccccc1N1C=[N+](c2ccccc2C(C)(C)C)CC1.[Cl-]. The second-order valence-electron chi connectivity index (χ2n) is 9.04. The second-order valence-corrected chi connectivity index (χ2v) is 9.04. The minimum Gasteiger partial charge on any atom is -1.00 e. The van der Waals surface area contributed by atoms with Crippen LogP contribution in [0.5, 0.6) is 0 Å². The van der Waals surface area contributed by atoms with Crippen LogP contribution in [0.15, 0.2) is 48.5 Å². The molecule has 2 aromatic carbocycles. The number of hydrogen-bond donors (Lipinski definition) is 0. The third kappa shape index (κ3) is 4.12. The summed E-state index contributed by atoms with van der Waals surface area (Å²) in [6.45, 7) is 15.8. The van der Waals surface area contributed by atoms with Crippen LogP contribution >= 0.6 is 0 Å². The number of hydrogen-bond acceptors (Lipinski definition) is 1. The molecule has 0 aromatic heterocycles. The first-order valence-corrected chi connectivity index (χ1v) is 9.25. The lowest BCUT2D eigenvalue weighted by molar-refractivity contribution is -0.424. The molecule has 1 heterocycles. The molecule has 1 aliphatic heterocycles. The lowest BCUT2D eigenvalue weighted by Crippen LogP contribution is -3.00. The molecular formula is C23H31ClN2. The van der Waals surface area contributed by atoms with E-state index in [1.165, 1.54) is 22.5 Å². The largest absolute Gasteiger partial charge is 1.00 e. The van der Waals surface area contributed by atoms with E-state index >= 15 is 0 Å². The fourth-order valence-electron chi connectivity index (χ4n) is 3.58. The predicted octanol–water partition coefficient (Wildman–Crippen LogP) is 2.48. The van der Waals surface area contributed by atoms with Crippen molar-refractivity contribution in [3.8, 4) is 0 Å². The van der Waals surface area contributed by atoms with Gasteiger partial charge in [-0.05, 0) is 23.0 Å². The highest BCUT2D eigenvalue weighted by atomic mass is 35.5. The smallest absolute Gasteiger partial charge is 0.244 e. The van der Waals surface area contributed by atoms with Crippen LogP contribution in [-0.4, -0.2) is 24.0 Å². The predicted molar refractivity (Wildman–Crippen MR) is 108 cm³/mol. The summed E-state index contributed by atoms with van der Waals surface area (Å²) in [6, 6.07) is 17.6. The second kappa shape index (κ2) is 7.44. The van der Waals surface area contributed by atoms with Gasteiger partial charge in [0.1, 0.15) is 24.5 Å². The lowest BCUT2D eigenvalue weighted by atomic mass is 9.85. The van der Waals surface area contributed by atoms with E-state index in [-0.39, 0.29) is 23.2 Å². The topological polar surface area (TPSA) is 6.25 Å². The van der Waals surface area contributed by atoms with Gasteiger partial charge in [0.15, 0.2) is 0 Å². The molecule has 3 rings (SSSR count). The van der Waals surface area contributed by atoms with Crippen LogP contribution < -0.4 is 17.3 Å². The maximum Gasteiger partial charge on any atom is 0.244 e. The third-order valence-corrected chi connectivity index (χ3v) is 4.90. The molecule has 0 bridgehead atoms. The molecule has 0 atom stereocenters. The van der Waals surface area contributed by atoms with Crippen molar-refractivity contribution in [3.63, 3.8) is 0 Å². The molecule has 1 aliphatic rings. The molecule has 26 heavy (non-hydrogen) atoms. The van der Waals surface area contributed by atoms with Crippen molar-refractivity contribution in [2.75, 3.05) is 18.0 Å². The fraction of sp³-hybridized carbons (Fsp3) is 0.435. The summed E-state index contributed by atoms with van der Waals surface area (Å²) in [5, 5.41) is 0. The Kier molecular flexibility index (Phi) is 5.87. The van der Waals surface area contributed by atoms with E-state index in [2.05, 4.69) is 106 Å². The van der Waals surface area contributed by atoms with Crippen molar-refractivity contribution in [3.05, 3.63) is 59.7 Å². The van der Waals surface area contributed by atoms with Gasteiger partial charge in [-0.15, -0.1) is 0 Å². The maximum atomic E-state index is 2.40. The quantitative estimate of drug-likeness (QED) is 0.736. The normalized spacial score (nSPS) is 14.8. The van der Waals surface area contributed by atoms with E-state index in [0.29, 0.717) is 0 Å². The van der Waals surface area contributed by atoms with Gasteiger partial charge in [0.25, 0.3) is 0 Å². The number of benzene rings is 2. The number of para-hydroxylation sites is 2. The molecule has 3 heteroatoms. The number of halogens is 1. The highest BCUT2D eigenvalue weighted by Gasteiger charge is 2.30. The number of rotatable bonds is 2. The summed E-state index contributed by atoms with van der Waals surface area (Å²) in [4.78, 5) is 2.40. The molecule has 0 fully saturated rings. The Balaban J connectivity index is 0.00000243. The first kappa shape index (κ1) is 20.5. The van der Waals surface area contributed by atoms with Gasteiger partial charge in [-0.3, -0.25) is 0 Å². The molecule has 0 aliphatic carbocycles. The van der Waals surface area contributed by atoms with Gasteiger partial charge in [-0.2, -0.15) is 0 Å². The highest BCUT2D eigenvalue weighted by molar-refractivity contribution is 5.80. The maximum absolute atomic E-state index is 2.40. The summed E-state index contributed by atoms with van der Waals surface area (Å²) in [7, 11) is 0. The summed E-state index contributed by atoms with van der Waals surface area (Å²) in [5.74, 6) is 0. The first-order chi connectivity index (χ1) is 11.7. The van der Waals surface area contributed by atoms with Gasteiger partial charge in [-0.1, -0.05) is 77.9 Å². The summed E-state index contributed by atoms with van der Waals surface area (Å²) in [6.07, 6.45) is 2.29. The zero-order valence-electron chi connectivity index (χ0n) is 16.9. The van der Waals surface area contributed by atoms with Crippen molar-refractivity contribution in [1.82, 2.24) is 0 Å². The van der Waals surface area contributed by atoms with Crippen molar-refractivity contribution in [2.24, 2.45) is 0 Å². The molecule has 140 valence electrons. The minimum absolute atomic E-state index is 0. The third-order valence-electron chi connectivity index (χ3n) is 4.90. The molecule has 0 saturated carbocycles. The van der Waals surface area contributed by atoms with E-state index in [4.69, 9.17) is 0 Å². The van der Waals surface area contributed by atoms with Crippen LogP contribution in [0, 0.1) is 0 Å². The summed E-state index contributed by atoms with van der Waals surface area (Å²) in [5.41, 5.74) is 5.73. The molecule has 2 nitrogen and oxygen atoms in total. The van der Waals surface area contributed by atoms with Crippen LogP contribution in [0.2, 0.25) is 0 Å². The van der Waals surface area contributed by atoms with Crippen LogP contribution in [0.4, 0.5) is 11.4 Å². The van der Waals surface area contributed by atoms with Gasteiger partial charge in [-0.25, -0.2) is 9.48 Å². The Morgan fingerprint density at radius 3 is 1.92 bits per heavy atom. The van der Waals surface area contributed by atoms with Gasteiger partial charge in [0.05, 0.1) is 0 Å². The number of nitrogens with zero attached hydrogens (tertiary/aromatic N) is 2.